The number of carbonyl (C=O) groups is 4. The first-order valence-electron chi connectivity index (χ1n) is 16.8. The van der Waals surface area contributed by atoms with E-state index in [2.05, 4.69) is 0 Å². The number of aryl methyl sites for hydroxylation is 3. The number of Topliss-reactive ketones (excluding diaryl/α,β-unsaturated/α-hetero) is 3. The minimum absolute atomic E-state index is 0.0279. The third kappa shape index (κ3) is 10.5. The summed E-state index contributed by atoms with van der Waals surface area (Å²) in [5.74, 6) is -0.596. The maximum Gasteiger partial charge on any atom is 0.306 e. The molecule has 1 aliphatic carbocycles. The van der Waals surface area contributed by atoms with Gasteiger partial charge in [0.25, 0.3) is 0 Å². The topological polar surface area (TPSA) is 105 Å². The molecule has 0 bridgehead atoms. The van der Waals surface area contributed by atoms with E-state index in [1.807, 2.05) is 60.0 Å². The van der Waals surface area contributed by atoms with Crippen molar-refractivity contribution in [3.05, 3.63) is 76.0 Å². The zero-order chi connectivity index (χ0) is 34.5. The van der Waals surface area contributed by atoms with Gasteiger partial charge in [-0.1, -0.05) is 24.3 Å². The van der Waals surface area contributed by atoms with E-state index in [1.54, 1.807) is 39.6 Å². The van der Waals surface area contributed by atoms with Crippen LogP contribution in [-0.2, 0) is 43.2 Å². The fourth-order valence-electron chi connectivity index (χ4n) is 6.69. The number of hydrogen-bond donors (Lipinski definition) is 0. The highest BCUT2D eigenvalue weighted by Crippen LogP contribution is 2.36. The summed E-state index contributed by atoms with van der Waals surface area (Å²) in [6.45, 7) is 1.95. The molecular formula is C39H48O8S. The van der Waals surface area contributed by atoms with Gasteiger partial charge in [0.2, 0.25) is 0 Å². The van der Waals surface area contributed by atoms with Gasteiger partial charge in [0.05, 0.1) is 34.4 Å². The number of thiophene rings is 1. The normalized spacial score (nSPS) is 18.5. The first-order valence-corrected chi connectivity index (χ1v) is 17.7. The van der Waals surface area contributed by atoms with Crippen LogP contribution in [0.1, 0.15) is 67.9 Å². The van der Waals surface area contributed by atoms with E-state index in [0.717, 1.165) is 28.2 Å². The lowest BCUT2D eigenvalue weighted by molar-refractivity contribution is -0.146. The first-order chi connectivity index (χ1) is 23.2. The Bertz CT molecular complexity index is 1500. The lowest BCUT2D eigenvalue weighted by atomic mass is 9.77. The van der Waals surface area contributed by atoms with Crippen LogP contribution in [0.2, 0.25) is 0 Å². The average Bonchev–Trinajstić information content (AvgIpc) is 3.58. The number of rotatable bonds is 18. The van der Waals surface area contributed by atoms with Gasteiger partial charge in [-0.15, -0.1) is 11.3 Å². The molecule has 1 fully saturated rings. The Morgan fingerprint density at radius 2 is 1.52 bits per heavy atom. The molecule has 3 aromatic rings. The second-order valence-corrected chi connectivity index (χ2v) is 13.6. The van der Waals surface area contributed by atoms with E-state index in [0.29, 0.717) is 50.0 Å². The summed E-state index contributed by atoms with van der Waals surface area (Å²) in [6, 6.07) is 17.5. The summed E-state index contributed by atoms with van der Waals surface area (Å²) in [5, 5.41) is 2.00. The number of carbonyl (C=O) groups excluding carboxylic acids is 4. The largest absolute Gasteiger partial charge is 0.497 e. The molecule has 8 nitrogen and oxygen atoms in total. The Kier molecular flexibility index (Phi) is 14.2. The molecule has 0 spiro atoms. The number of esters is 1. The minimum Gasteiger partial charge on any atom is -0.497 e. The Morgan fingerprint density at radius 1 is 0.812 bits per heavy atom. The van der Waals surface area contributed by atoms with Crippen LogP contribution in [0.3, 0.4) is 0 Å². The van der Waals surface area contributed by atoms with Crippen molar-refractivity contribution >= 4 is 34.7 Å². The molecule has 1 aliphatic rings. The monoisotopic (exact) mass is 676 g/mol. The molecule has 1 heterocycles. The molecule has 1 saturated carbocycles. The summed E-state index contributed by atoms with van der Waals surface area (Å²) in [6.07, 6.45) is 4.03. The van der Waals surface area contributed by atoms with E-state index in [1.165, 1.54) is 0 Å². The van der Waals surface area contributed by atoms with Crippen molar-refractivity contribution in [2.45, 2.75) is 71.1 Å². The fraction of sp³-hybridized carbons (Fsp3) is 0.487. The molecule has 0 N–H and O–H groups in total. The Hall–Kier alpha value is -3.98. The summed E-state index contributed by atoms with van der Waals surface area (Å²) in [4.78, 5) is 55.7. The third-order valence-corrected chi connectivity index (χ3v) is 10.3. The Labute approximate surface area is 288 Å². The van der Waals surface area contributed by atoms with Crippen LogP contribution in [-0.4, -0.2) is 51.3 Å². The highest BCUT2D eigenvalue weighted by Gasteiger charge is 2.40. The van der Waals surface area contributed by atoms with Crippen molar-refractivity contribution in [2.75, 3.05) is 27.9 Å². The summed E-state index contributed by atoms with van der Waals surface area (Å²) in [5.41, 5.74) is 2.06. The molecule has 4 rings (SSSR count). The zero-order valence-corrected chi connectivity index (χ0v) is 29.4. The van der Waals surface area contributed by atoms with Gasteiger partial charge in [-0.05, 0) is 98.2 Å². The van der Waals surface area contributed by atoms with Gasteiger partial charge in [0.15, 0.2) is 11.5 Å². The fourth-order valence-corrected chi connectivity index (χ4v) is 7.41. The smallest absolute Gasteiger partial charge is 0.306 e. The molecule has 0 radical (unpaired) electrons. The number of methoxy groups -OCH3 is 3. The van der Waals surface area contributed by atoms with Gasteiger partial charge in [-0.25, -0.2) is 0 Å². The average molecular weight is 677 g/mol. The predicted octanol–water partition coefficient (Wildman–Crippen LogP) is 7.28. The highest BCUT2D eigenvalue weighted by molar-refractivity contribution is 7.09. The van der Waals surface area contributed by atoms with Gasteiger partial charge < -0.3 is 18.9 Å². The van der Waals surface area contributed by atoms with Crippen LogP contribution in [0.25, 0.3) is 0 Å². The molecule has 1 aromatic heterocycles. The standard InChI is InChI=1S/C39H48O8S/c1-5-47-39(43)24-29(14-10-27-13-19-37(45-3)38(23-27)46-4)34(40)25-33-32(18-17-31-7-6-20-48-31)35(41)21-28(22-36(33)42)9-8-26-11-15-30(44-2)16-12-26/h6-7,11-13,15-16,19-20,23,28-29,32-33H,5,8-10,14,17-18,21-22,24-25H2,1-4H3. The molecule has 0 aliphatic heterocycles. The lowest BCUT2D eigenvalue weighted by Crippen LogP contribution is -2.32. The zero-order valence-electron chi connectivity index (χ0n) is 28.5. The van der Waals surface area contributed by atoms with Gasteiger partial charge in [-0.3, -0.25) is 19.2 Å². The van der Waals surface area contributed by atoms with E-state index in [4.69, 9.17) is 18.9 Å². The Balaban J connectivity index is 1.52. The van der Waals surface area contributed by atoms with Crippen LogP contribution in [0.15, 0.2) is 60.0 Å². The molecule has 0 saturated heterocycles. The van der Waals surface area contributed by atoms with Crippen LogP contribution in [0.5, 0.6) is 17.2 Å². The van der Waals surface area contributed by atoms with E-state index in [-0.39, 0.29) is 49.1 Å². The van der Waals surface area contributed by atoms with E-state index in [9.17, 15) is 19.2 Å². The second-order valence-electron chi connectivity index (χ2n) is 12.5. The van der Waals surface area contributed by atoms with Crippen molar-refractivity contribution in [3.63, 3.8) is 0 Å². The molecule has 4 atom stereocenters. The SMILES string of the molecule is CCOC(=O)CC(CCc1ccc(OC)c(OC)c1)C(=O)CC1C(=O)CC(CCc2ccc(OC)cc2)CC(=O)C1CCc1cccs1. The minimum atomic E-state index is -0.707. The molecule has 0 amide bonds. The third-order valence-electron chi connectivity index (χ3n) is 9.40. The summed E-state index contributed by atoms with van der Waals surface area (Å²) >= 11 is 1.63. The predicted molar refractivity (Wildman–Crippen MR) is 186 cm³/mol. The molecule has 9 heteroatoms. The molecular weight excluding hydrogens is 628 g/mol. The summed E-state index contributed by atoms with van der Waals surface area (Å²) in [7, 11) is 4.77. The molecule has 258 valence electrons. The van der Waals surface area contributed by atoms with Crippen LogP contribution in [0, 0.1) is 23.7 Å². The van der Waals surface area contributed by atoms with Crippen LogP contribution in [0.4, 0.5) is 0 Å². The summed E-state index contributed by atoms with van der Waals surface area (Å²) < 4.78 is 21.3. The number of hydrogen-bond acceptors (Lipinski definition) is 9. The maximum atomic E-state index is 14.1. The van der Waals surface area contributed by atoms with Crippen molar-refractivity contribution in [1.29, 1.82) is 0 Å². The maximum absolute atomic E-state index is 14.1. The van der Waals surface area contributed by atoms with Crippen molar-refractivity contribution in [1.82, 2.24) is 0 Å². The van der Waals surface area contributed by atoms with Crippen molar-refractivity contribution < 1.29 is 38.1 Å². The quantitative estimate of drug-likeness (QED) is 0.102. The lowest BCUT2D eigenvalue weighted by Gasteiger charge is -2.24. The van der Waals surface area contributed by atoms with E-state index < -0.39 is 23.7 Å². The number of ether oxygens (including phenoxy) is 4. The molecule has 2 aromatic carbocycles. The van der Waals surface area contributed by atoms with Gasteiger partial charge in [-0.2, -0.15) is 0 Å². The van der Waals surface area contributed by atoms with Crippen molar-refractivity contribution in [3.8, 4) is 17.2 Å². The van der Waals surface area contributed by atoms with Crippen molar-refractivity contribution in [2.24, 2.45) is 23.7 Å². The first kappa shape index (κ1) is 36.8. The highest BCUT2D eigenvalue weighted by atomic mass is 32.1. The van der Waals surface area contributed by atoms with Crippen LogP contribution < -0.4 is 14.2 Å². The van der Waals surface area contributed by atoms with Gasteiger partial charge in [0.1, 0.15) is 23.1 Å². The van der Waals surface area contributed by atoms with Gasteiger partial charge >= 0.3 is 5.97 Å². The molecule has 4 unspecified atom stereocenters. The van der Waals surface area contributed by atoms with E-state index >= 15 is 0 Å². The van der Waals surface area contributed by atoms with Gasteiger partial charge in [0, 0.05) is 41.9 Å². The Morgan fingerprint density at radius 3 is 2.17 bits per heavy atom. The number of benzene rings is 2. The second kappa shape index (κ2) is 18.5. The number of ketones is 3. The molecule has 48 heavy (non-hydrogen) atoms. The van der Waals surface area contributed by atoms with Crippen LogP contribution >= 0.6 is 11.3 Å².